The van der Waals surface area contributed by atoms with Gasteiger partial charge >= 0.3 is 5.97 Å². The van der Waals surface area contributed by atoms with Crippen LogP contribution in [0.15, 0.2) is 30.5 Å². The van der Waals surface area contributed by atoms with E-state index >= 15 is 0 Å². The molecular formula is C24H35N5O5. The monoisotopic (exact) mass is 473 g/mol. The first-order valence-electron chi connectivity index (χ1n) is 11.4. The van der Waals surface area contributed by atoms with E-state index in [0.29, 0.717) is 6.42 Å². The number of fused-ring (bicyclic) bond motifs is 1. The third-order valence-corrected chi connectivity index (χ3v) is 5.45. The highest BCUT2D eigenvalue weighted by Crippen LogP contribution is 2.19. The first-order chi connectivity index (χ1) is 16.0. The average molecular weight is 474 g/mol. The summed E-state index contributed by atoms with van der Waals surface area (Å²) >= 11 is 0. The van der Waals surface area contributed by atoms with Gasteiger partial charge in [0.15, 0.2) is 0 Å². The van der Waals surface area contributed by atoms with E-state index in [-0.39, 0.29) is 18.3 Å². The smallest absolute Gasteiger partial charge is 0.322 e. The van der Waals surface area contributed by atoms with Crippen molar-refractivity contribution < 1.29 is 24.3 Å². The van der Waals surface area contributed by atoms with Gasteiger partial charge in [0.2, 0.25) is 17.7 Å². The number of para-hydroxylation sites is 1. The van der Waals surface area contributed by atoms with Crippen molar-refractivity contribution in [3.63, 3.8) is 0 Å². The molecular weight excluding hydrogens is 438 g/mol. The van der Waals surface area contributed by atoms with Crippen molar-refractivity contribution in [1.82, 2.24) is 20.9 Å². The zero-order chi connectivity index (χ0) is 25.4. The molecule has 3 amide bonds. The minimum atomic E-state index is -1.19. The first kappa shape index (κ1) is 26.8. The lowest BCUT2D eigenvalue weighted by Crippen LogP contribution is -2.58. The van der Waals surface area contributed by atoms with Crippen molar-refractivity contribution >= 4 is 34.6 Å². The Hall–Kier alpha value is -3.40. The van der Waals surface area contributed by atoms with E-state index in [1.807, 2.05) is 38.1 Å². The molecule has 2 rings (SSSR count). The predicted octanol–water partition coefficient (Wildman–Crippen LogP) is 0.910. The number of carbonyl (C=O) groups excluding carboxylic acids is 3. The molecule has 3 atom stereocenters. The van der Waals surface area contributed by atoms with E-state index in [0.717, 1.165) is 16.5 Å². The van der Waals surface area contributed by atoms with Gasteiger partial charge in [-0.25, -0.2) is 0 Å². The summed E-state index contributed by atoms with van der Waals surface area (Å²) in [5.41, 5.74) is 7.75. The number of H-pyrrole nitrogens is 1. The molecule has 0 radical (unpaired) electrons. The number of carbonyl (C=O) groups is 4. The molecule has 7 N–H and O–H groups in total. The maximum Gasteiger partial charge on any atom is 0.322 e. The molecule has 10 nitrogen and oxygen atoms in total. The van der Waals surface area contributed by atoms with E-state index in [1.165, 1.54) is 0 Å². The van der Waals surface area contributed by atoms with Gasteiger partial charge in [-0.05, 0) is 29.9 Å². The van der Waals surface area contributed by atoms with Gasteiger partial charge in [-0.15, -0.1) is 0 Å². The third kappa shape index (κ3) is 7.58. The Morgan fingerprint density at radius 2 is 1.68 bits per heavy atom. The number of aliphatic carboxylic acids is 1. The molecule has 1 aromatic heterocycles. The number of aromatic nitrogens is 1. The van der Waals surface area contributed by atoms with Crippen molar-refractivity contribution in [2.45, 2.75) is 58.7 Å². The molecule has 0 aliphatic heterocycles. The predicted molar refractivity (Wildman–Crippen MR) is 129 cm³/mol. The Labute approximate surface area is 199 Å². The van der Waals surface area contributed by atoms with E-state index in [1.54, 1.807) is 20.0 Å². The molecule has 3 unspecified atom stereocenters. The van der Waals surface area contributed by atoms with Gasteiger partial charge in [-0.2, -0.15) is 0 Å². The SMILES string of the molecule is CC(C)CC(N)C(=O)NC(Cc1c[nH]c2ccccc12)C(=O)NC(C(=O)NCC(=O)O)C(C)C. The number of nitrogens with two attached hydrogens (primary N) is 1. The molecule has 0 spiro atoms. The standard InChI is InChI=1S/C24H35N5O5/c1-13(2)9-17(25)22(32)28-19(10-15-11-26-18-8-6-5-7-16(15)18)23(33)29-21(14(3)4)24(34)27-12-20(30)31/h5-8,11,13-14,17,19,21,26H,9-10,12,25H2,1-4H3,(H,27,34)(H,28,32)(H,29,33)(H,30,31). The topological polar surface area (TPSA) is 166 Å². The van der Waals surface area contributed by atoms with Gasteiger partial charge < -0.3 is 31.8 Å². The summed E-state index contributed by atoms with van der Waals surface area (Å²) in [7, 11) is 0. The van der Waals surface area contributed by atoms with Crippen LogP contribution in [-0.2, 0) is 25.6 Å². The minimum Gasteiger partial charge on any atom is -0.480 e. The van der Waals surface area contributed by atoms with Crippen LogP contribution >= 0.6 is 0 Å². The minimum absolute atomic E-state index is 0.178. The second-order valence-electron chi connectivity index (χ2n) is 9.20. The maximum absolute atomic E-state index is 13.3. The summed E-state index contributed by atoms with van der Waals surface area (Å²) in [5.74, 6) is -2.93. The highest BCUT2D eigenvalue weighted by molar-refractivity contribution is 5.94. The largest absolute Gasteiger partial charge is 0.480 e. The van der Waals surface area contributed by atoms with Crippen molar-refractivity contribution in [2.75, 3.05) is 6.54 Å². The summed E-state index contributed by atoms with van der Waals surface area (Å²) in [6.07, 6.45) is 2.42. The zero-order valence-corrected chi connectivity index (χ0v) is 20.1. The molecule has 10 heteroatoms. The summed E-state index contributed by atoms with van der Waals surface area (Å²) in [4.78, 5) is 52.5. The van der Waals surface area contributed by atoms with Crippen LogP contribution < -0.4 is 21.7 Å². The van der Waals surface area contributed by atoms with Crippen LogP contribution in [0.2, 0.25) is 0 Å². The zero-order valence-electron chi connectivity index (χ0n) is 20.1. The molecule has 34 heavy (non-hydrogen) atoms. The number of hydrogen-bond donors (Lipinski definition) is 6. The summed E-state index contributed by atoms with van der Waals surface area (Å²) < 4.78 is 0. The molecule has 2 aromatic rings. The van der Waals surface area contributed by atoms with Gasteiger partial charge in [-0.3, -0.25) is 19.2 Å². The molecule has 1 aromatic carbocycles. The molecule has 0 saturated heterocycles. The second-order valence-corrected chi connectivity index (χ2v) is 9.20. The van der Waals surface area contributed by atoms with Crippen molar-refractivity contribution in [3.05, 3.63) is 36.0 Å². The lowest BCUT2D eigenvalue weighted by molar-refractivity contribution is -0.139. The Balaban J connectivity index is 2.25. The lowest BCUT2D eigenvalue weighted by atomic mass is 9.99. The van der Waals surface area contributed by atoms with Crippen LogP contribution in [-0.4, -0.2) is 58.5 Å². The molecule has 0 bridgehead atoms. The lowest BCUT2D eigenvalue weighted by Gasteiger charge is -2.26. The molecule has 186 valence electrons. The molecule has 0 fully saturated rings. The molecule has 0 aliphatic carbocycles. The van der Waals surface area contributed by atoms with Gasteiger partial charge in [0, 0.05) is 23.5 Å². The van der Waals surface area contributed by atoms with Crippen LogP contribution in [0, 0.1) is 11.8 Å². The number of benzene rings is 1. The second kappa shape index (κ2) is 12.2. The quantitative estimate of drug-likeness (QED) is 0.268. The highest BCUT2D eigenvalue weighted by atomic mass is 16.4. The number of hydrogen-bond acceptors (Lipinski definition) is 5. The van der Waals surface area contributed by atoms with Crippen LogP contribution in [0.1, 0.15) is 39.7 Å². The van der Waals surface area contributed by atoms with E-state index in [9.17, 15) is 19.2 Å². The summed E-state index contributed by atoms with van der Waals surface area (Å²) in [5, 5.41) is 17.5. The average Bonchev–Trinajstić information content (AvgIpc) is 3.17. The van der Waals surface area contributed by atoms with Crippen molar-refractivity contribution in [1.29, 1.82) is 0 Å². The number of rotatable bonds is 12. The number of aromatic amines is 1. The fourth-order valence-electron chi connectivity index (χ4n) is 3.68. The first-order valence-corrected chi connectivity index (χ1v) is 11.4. The Kier molecular flexibility index (Phi) is 9.61. The highest BCUT2D eigenvalue weighted by Gasteiger charge is 2.30. The van der Waals surface area contributed by atoms with E-state index in [4.69, 9.17) is 10.8 Å². The fraction of sp³-hybridized carbons (Fsp3) is 0.500. The molecule has 0 aliphatic rings. The van der Waals surface area contributed by atoms with E-state index in [2.05, 4.69) is 20.9 Å². The molecule has 1 heterocycles. The van der Waals surface area contributed by atoms with E-state index < -0.39 is 48.4 Å². The van der Waals surface area contributed by atoms with Gasteiger partial charge in [0.25, 0.3) is 0 Å². The summed E-state index contributed by atoms with van der Waals surface area (Å²) in [6, 6.07) is 4.86. The Bertz CT molecular complexity index is 1020. The Morgan fingerprint density at radius 3 is 2.29 bits per heavy atom. The number of carboxylic acids is 1. The molecule has 0 saturated carbocycles. The van der Waals surface area contributed by atoms with Crippen LogP contribution in [0.25, 0.3) is 10.9 Å². The van der Waals surface area contributed by atoms with Gasteiger partial charge in [-0.1, -0.05) is 45.9 Å². The van der Waals surface area contributed by atoms with Crippen LogP contribution in [0.4, 0.5) is 0 Å². The Morgan fingerprint density at radius 1 is 1.00 bits per heavy atom. The fourth-order valence-corrected chi connectivity index (χ4v) is 3.68. The third-order valence-electron chi connectivity index (χ3n) is 5.45. The number of carboxylic acid groups (broad SMARTS) is 1. The maximum atomic E-state index is 13.3. The summed E-state index contributed by atoms with van der Waals surface area (Å²) in [6.45, 7) is 6.81. The van der Waals surface area contributed by atoms with Gasteiger partial charge in [0.05, 0.1) is 6.04 Å². The van der Waals surface area contributed by atoms with Crippen molar-refractivity contribution in [3.8, 4) is 0 Å². The van der Waals surface area contributed by atoms with Crippen LogP contribution in [0.3, 0.4) is 0 Å². The number of amides is 3. The van der Waals surface area contributed by atoms with Crippen LogP contribution in [0.5, 0.6) is 0 Å². The normalized spacial score (nSPS) is 14.0. The van der Waals surface area contributed by atoms with Crippen molar-refractivity contribution in [2.24, 2.45) is 17.6 Å². The number of nitrogens with one attached hydrogen (secondary N) is 4. The van der Waals surface area contributed by atoms with Gasteiger partial charge in [0.1, 0.15) is 18.6 Å².